The summed E-state index contributed by atoms with van der Waals surface area (Å²) in [5.74, 6) is 5.55. The van der Waals surface area contributed by atoms with E-state index in [-0.39, 0.29) is 11.9 Å². The van der Waals surface area contributed by atoms with Crippen molar-refractivity contribution >= 4 is 15.9 Å². The Morgan fingerprint density at radius 2 is 2.00 bits per heavy atom. The average molecular weight is 359 g/mol. The molecule has 0 saturated heterocycles. The smallest absolute Gasteiger partial charge is 0.142 e. The second kappa shape index (κ2) is 7.68. The van der Waals surface area contributed by atoms with Crippen LogP contribution in [0.4, 0.5) is 4.39 Å². The van der Waals surface area contributed by atoms with Crippen LogP contribution in [0.1, 0.15) is 57.1 Å². The zero-order chi connectivity index (χ0) is 15.3. The molecule has 0 amide bonds. The van der Waals surface area contributed by atoms with Gasteiger partial charge in [-0.3, -0.25) is 5.84 Å². The van der Waals surface area contributed by atoms with Crippen LogP contribution in [-0.4, -0.2) is 12.2 Å². The molecule has 1 aromatic carbocycles. The van der Waals surface area contributed by atoms with Gasteiger partial charge in [0.05, 0.1) is 16.1 Å². The third kappa shape index (κ3) is 3.65. The zero-order valence-corrected chi connectivity index (χ0v) is 14.1. The quantitative estimate of drug-likeness (QED) is 0.470. The standard InChI is InChI=1S/C16H24BrFN2O/c1-2-21-16(10-5-3-4-6-11-16)15(20-19)12-8-7-9-13(17)14(12)18/h7-9,15,20H,2-6,10-11,19H2,1H3. The molecule has 1 atom stereocenters. The highest BCUT2D eigenvalue weighted by Crippen LogP contribution is 2.41. The predicted molar refractivity (Wildman–Crippen MR) is 86.2 cm³/mol. The van der Waals surface area contributed by atoms with E-state index in [9.17, 15) is 4.39 Å². The Morgan fingerprint density at radius 3 is 2.57 bits per heavy atom. The minimum absolute atomic E-state index is 0.260. The van der Waals surface area contributed by atoms with E-state index in [1.165, 1.54) is 12.8 Å². The highest BCUT2D eigenvalue weighted by Gasteiger charge is 2.41. The number of halogens is 2. The third-order valence-electron chi connectivity index (χ3n) is 4.37. The van der Waals surface area contributed by atoms with Crippen LogP contribution in [-0.2, 0) is 4.74 Å². The van der Waals surface area contributed by atoms with Gasteiger partial charge in [0.25, 0.3) is 0 Å². The molecule has 1 aromatic rings. The molecule has 0 radical (unpaired) electrons. The van der Waals surface area contributed by atoms with Crippen molar-refractivity contribution < 1.29 is 9.13 Å². The number of benzene rings is 1. The number of nitrogens with one attached hydrogen (secondary N) is 1. The van der Waals surface area contributed by atoms with Gasteiger partial charge < -0.3 is 4.74 Å². The molecule has 3 N–H and O–H groups in total. The van der Waals surface area contributed by atoms with Crippen LogP contribution < -0.4 is 11.3 Å². The number of hydrogen-bond acceptors (Lipinski definition) is 3. The summed E-state index contributed by atoms with van der Waals surface area (Å²) in [6.45, 7) is 2.59. The van der Waals surface area contributed by atoms with E-state index in [1.54, 1.807) is 12.1 Å². The molecule has 1 unspecified atom stereocenters. The molecule has 5 heteroatoms. The van der Waals surface area contributed by atoms with Crippen LogP contribution in [0.2, 0.25) is 0 Å². The number of rotatable bonds is 5. The molecule has 3 nitrogen and oxygen atoms in total. The molecule has 0 bridgehead atoms. The van der Waals surface area contributed by atoms with Crippen molar-refractivity contribution in [2.45, 2.75) is 57.1 Å². The second-order valence-corrected chi connectivity index (χ2v) is 6.51. The Labute approximate surface area is 134 Å². The van der Waals surface area contributed by atoms with Gasteiger partial charge in [0.15, 0.2) is 0 Å². The van der Waals surface area contributed by atoms with Gasteiger partial charge in [0, 0.05) is 12.2 Å². The first-order valence-electron chi connectivity index (χ1n) is 7.68. The molecule has 0 aromatic heterocycles. The summed E-state index contributed by atoms with van der Waals surface area (Å²) < 4.78 is 21.1. The first-order valence-corrected chi connectivity index (χ1v) is 8.48. The van der Waals surface area contributed by atoms with Gasteiger partial charge in [-0.25, -0.2) is 9.82 Å². The molecule has 21 heavy (non-hydrogen) atoms. The molecule has 1 aliphatic carbocycles. The summed E-state index contributed by atoms with van der Waals surface area (Å²) in [6, 6.07) is 4.99. The van der Waals surface area contributed by atoms with Crippen LogP contribution in [0.3, 0.4) is 0 Å². The van der Waals surface area contributed by atoms with E-state index in [4.69, 9.17) is 10.6 Å². The highest BCUT2D eigenvalue weighted by molar-refractivity contribution is 9.10. The van der Waals surface area contributed by atoms with Crippen LogP contribution >= 0.6 is 15.9 Å². The second-order valence-electron chi connectivity index (χ2n) is 5.65. The van der Waals surface area contributed by atoms with Crippen LogP contribution in [0.15, 0.2) is 22.7 Å². The molecule has 1 fully saturated rings. The van der Waals surface area contributed by atoms with Crippen molar-refractivity contribution in [3.8, 4) is 0 Å². The number of hydrazine groups is 1. The van der Waals surface area contributed by atoms with Crippen LogP contribution in [0.5, 0.6) is 0 Å². The summed E-state index contributed by atoms with van der Waals surface area (Å²) in [6.07, 6.45) is 6.39. The summed E-state index contributed by atoms with van der Waals surface area (Å²) in [4.78, 5) is 0. The Balaban J connectivity index is 2.41. The molecule has 0 heterocycles. The van der Waals surface area contributed by atoms with E-state index < -0.39 is 5.60 Å². The number of nitrogens with two attached hydrogens (primary N) is 1. The van der Waals surface area contributed by atoms with E-state index in [0.717, 1.165) is 25.7 Å². The first kappa shape index (κ1) is 16.9. The van der Waals surface area contributed by atoms with Gasteiger partial charge in [-0.2, -0.15) is 0 Å². The van der Waals surface area contributed by atoms with Crippen molar-refractivity contribution in [2.75, 3.05) is 6.61 Å². The Hall–Kier alpha value is -0.490. The zero-order valence-electron chi connectivity index (χ0n) is 12.5. The maximum atomic E-state index is 14.5. The van der Waals surface area contributed by atoms with E-state index >= 15 is 0 Å². The lowest BCUT2D eigenvalue weighted by atomic mass is 9.82. The lowest BCUT2D eigenvalue weighted by Gasteiger charge is -2.40. The Bertz CT molecular complexity index is 462. The van der Waals surface area contributed by atoms with Gasteiger partial charge in [-0.15, -0.1) is 0 Å². The van der Waals surface area contributed by atoms with Gasteiger partial charge in [0.1, 0.15) is 5.82 Å². The Kier molecular flexibility index (Phi) is 6.17. The summed E-state index contributed by atoms with van der Waals surface area (Å²) in [7, 11) is 0. The average Bonchev–Trinajstić information content (AvgIpc) is 2.71. The third-order valence-corrected chi connectivity index (χ3v) is 4.98. The van der Waals surface area contributed by atoms with Gasteiger partial charge in [-0.1, -0.05) is 37.8 Å². The summed E-state index contributed by atoms with van der Waals surface area (Å²) in [5, 5.41) is 0. The van der Waals surface area contributed by atoms with Crippen LogP contribution in [0.25, 0.3) is 0 Å². The maximum Gasteiger partial charge on any atom is 0.142 e. The van der Waals surface area contributed by atoms with Crippen molar-refractivity contribution in [3.63, 3.8) is 0 Å². The Morgan fingerprint density at radius 1 is 1.33 bits per heavy atom. The topological polar surface area (TPSA) is 47.3 Å². The molecule has 1 aliphatic rings. The van der Waals surface area contributed by atoms with E-state index in [2.05, 4.69) is 21.4 Å². The summed E-state index contributed by atoms with van der Waals surface area (Å²) in [5.41, 5.74) is 2.97. The van der Waals surface area contributed by atoms with Gasteiger partial charge in [0.2, 0.25) is 0 Å². The maximum absolute atomic E-state index is 14.5. The molecule has 0 aliphatic heterocycles. The van der Waals surface area contributed by atoms with Crippen molar-refractivity contribution in [1.82, 2.24) is 5.43 Å². The fourth-order valence-electron chi connectivity index (χ4n) is 3.40. The highest BCUT2D eigenvalue weighted by atomic mass is 79.9. The van der Waals surface area contributed by atoms with E-state index in [1.807, 2.05) is 13.0 Å². The predicted octanol–water partition coefficient (Wildman–Crippen LogP) is 4.22. The van der Waals surface area contributed by atoms with Gasteiger partial charge in [-0.05, 0) is 41.8 Å². The first-order chi connectivity index (χ1) is 10.1. The number of ether oxygens (including phenoxy) is 1. The number of hydrogen-bond donors (Lipinski definition) is 2. The van der Waals surface area contributed by atoms with Gasteiger partial charge >= 0.3 is 0 Å². The molecule has 0 spiro atoms. The molecular formula is C16H24BrFN2O. The van der Waals surface area contributed by atoms with E-state index in [0.29, 0.717) is 16.6 Å². The SMILES string of the molecule is CCOC1(C(NN)c2cccc(Br)c2F)CCCCCC1. The molecule has 1 saturated carbocycles. The largest absolute Gasteiger partial charge is 0.373 e. The fraction of sp³-hybridized carbons (Fsp3) is 0.625. The fourth-order valence-corrected chi connectivity index (χ4v) is 3.78. The lowest BCUT2D eigenvalue weighted by Crippen LogP contribution is -2.48. The van der Waals surface area contributed by atoms with Crippen molar-refractivity contribution in [1.29, 1.82) is 0 Å². The van der Waals surface area contributed by atoms with Crippen molar-refractivity contribution in [3.05, 3.63) is 34.1 Å². The molecular weight excluding hydrogens is 335 g/mol. The molecule has 118 valence electrons. The van der Waals surface area contributed by atoms with Crippen molar-refractivity contribution in [2.24, 2.45) is 5.84 Å². The molecule has 2 rings (SSSR count). The normalized spacial score (nSPS) is 20.0. The summed E-state index contributed by atoms with van der Waals surface area (Å²) >= 11 is 3.26. The lowest BCUT2D eigenvalue weighted by molar-refractivity contribution is -0.0789. The monoisotopic (exact) mass is 358 g/mol. The minimum atomic E-state index is -0.429. The minimum Gasteiger partial charge on any atom is -0.373 e. The van der Waals surface area contributed by atoms with Crippen LogP contribution in [0, 0.1) is 5.82 Å².